The summed E-state index contributed by atoms with van der Waals surface area (Å²) in [4.78, 5) is 23.4. The highest BCUT2D eigenvalue weighted by Crippen LogP contribution is 2.34. The first-order chi connectivity index (χ1) is 12.4. The van der Waals surface area contributed by atoms with Crippen molar-refractivity contribution in [2.75, 3.05) is 5.32 Å². The standard InChI is InChI=1S/C15H11FN6O3S/c1-21-15(18-19-20-21)26-13-7-2-9(8-12(13)22(24)25)14(23)17-11-5-3-10(16)4-6-11/h2-8H,1H3,(H,17,23). The van der Waals surface area contributed by atoms with Crippen LogP contribution in [0.25, 0.3) is 0 Å². The van der Waals surface area contributed by atoms with Crippen LogP contribution in [0.5, 0.6) is 0 Å². The summed E-state index contributed by atoms with van der Waals surface area (Å²) < 4.78 is 14.3. The van der Waals surface area contributed by atoms with Crippen molar-refractivity contribution in [3.63, 3.8) is 0 Å². The van der Waals surface area contributed by atoms with Crippen molar-refractivity contribution in [1.82, 2.24) is 20.2 Å². The first kappa shape index (κ1) is 17.5. The van der Waals surface area contributed by atoms with E-state index in [0.717, 1.165) is 11.8 Å². The molecule has 0 bridgehead atoms. The highest BCUT2D eigenvalue weighted by molar-refractivity contribution is 7.99. The number of nitro benzene ring substituents is 1. The molecule has 0 atom stereocenters. The lowest BCUT2D eigenvalue weighted by Gasteiger charge is -2.07. The number of amides is 1. The maximum absolute atomic E-state index is 12.9. The van der Waals surface area contributed by atoms with Crippen molar-refractivity contribution in [3.8, 4) is 0 Å². The second kappa shape index (κ2) is 7.27. The number of halogens is 1. The van der Waals surface area contributed by atoms with Crippen LogP contribution in [0.2, 0.25) is 0 Å². The number of anilines is 1. The molecule has 1 N–H and O–H groups in total. The number of benzene rings is 2. The van der Waals surface area contributed by atoms with Crippen LogP contribution in [0.15, 0.2) is 52.5 Å². The maximum Gasteiger partial charge on any atom is 0.284 e. The van der Waals surface area contributed by atoms with E-state index in [2.05, 4.69) is 20.8 Å². The minimum Gasteiger partial charge on any atom is -0.322 e. The van der Waals surface area contributed by atoms with Gasteiger partial charge in [0.2, 0.25) is 5.16 Å². The van der Waals surface area contributed by atoms with Gasteiger partial charge in [-0.1, -0.05) is 0 Å². The summed E-state index contributed by atoms with van der Waals surface area (Å²) in [6, 6.07) is 9.28. The van der Waals surface area contributed by atoms with Crippen LogP contribution < -0.4 is 5.32 Å². The largest absolute Gasteiger partial charge is 0.322 e. The van der Waals surface area contributed by atoms with Crippen molar-refractivity contribution in [1.29, 1.82) is 0 Å². The highest BCUT2D eigenvalue weighted by atomic mass is 32.2. The third-order valence-electron chi connectivity index (χ3n) is 3.30. The van der Waals surface area contributed by atoms with E-state index in [1.165, 1.54) is 47.1 Å². The summed E-state index contributed by atoms with van der Waals surface area (Å²) in [6.07, 6.45) is 0. The fraction of sp³-hybridized carbons (Fsp3) is 0.0667. The van der Waals surface area contributed by atoms with Gasteiger partial charge in [0.05, 0.1) is 9.82 Å². The molecule has 0 aliphatic carbocycles. The first-order valence-corrected chi connectivity index (χ1v) is 8.01. The molecule has 3 rings (SSSR count). The third kappa shape index (κ3) is 3.83. The molecule has 0 fully saturated rings. The number of aromatic nitrogens is 4. The smallest absolute Gasteiger partial charge is 0.284 e. The molecule has 0 aliphatic heterocycles. The Morgan fingerprint density at radius 1 is 1.27 bits per heavy atom. The normalized spacial score (nSPS) is 10.5. The van der Waals surface area contributed by atoms with E-state index in [1.54, 1.807) is 7.05 Å². The third-order valence-corrected chi connectivity index (χ3v) is 4.40. The molecular formula is C15H11FN6O3S. The Balaban J connectivity index is 1.85. The topological polar surface area (TPSA) is 116 Å². The van der Waals surface area contributed by atoms with E-state index >= 15 is 0 Å². The number of hydrogen-bond donors (Lipinski definition) is 1. The minimum absolute atomic E-state index is 0.0986. The average Bonchev–Trinajstić information content (AvgIpc) is 3.02. The van der Waals surface area contributed by atoms with Gasteiger partial charge >= 0.3 is 0 Å². The first-order valence-electron chi connectivity index (χ1n) is 7.19. The van der Waals surface area contributed by atoms with Crippen molar-refractivity contribution < 1.29 is 14.1 Å². The zero-order valence-electron chi connectivity index (χ0n) is 13.3. The van der Waals surface area contributed by atoms with Gasteiger partial charge in [-0.2, -0.15) is 0 Å². The van der Waals surface area contributed by atoms with E-state index in [0.29, 0.717) is 15.7 Å². The molecule has 132 valence electrons. The van der Waals surface area contributed by atoms with Crippen molar-refractivity contribution >= 4 is 29.0 Å². The Morgan fingerprint density at radius 2 is 2.00 bits per heavy atom. The number of rotatable bonds is 5. The van der Waals surface area contributed by atoms with Gasteiger partial charge in [0.25, 0.3) is 11.6 Å². The number of nitrogens with one attached hydrogen (secondary N) is 1. The van der Waals surface area contributed by atoms with Crippen LogP contribution in [0, 0.1) is 15.9 Å². The lowest BCUT2D eigenvalue weighted by Crippen LogP contribution is -2.12. The van der Waals surface area contributed by atoms with E-state index < -0.39 is 16.6 Å². The summed E-state index contributed by atoms with van der Waals surface area (Å²) in [5.74, 6) is -0.977. The molecule has 3 aromatic rings. The summed E-state index contributed by atoms with van der Waals surface area (Å²) in [7, 11) is 1.61. The SMILES string of the molecule is Cn1nnnc1Sc1ccc(C(=O)Nc2ccc(F)cc2)cc1[N+](=O)[O-]. The molecule has 9 nitrogen and oxygen atoms in total. The highest BCUT2D eigenvalue weighted by Gasteiger charge is 2.20. The Kier molecular flexibility index (Phi) is 4.89. The fourth-order valence-electron chi connectivity index (χ4n) is 2.03. The Hall–Kier alpha value is -3.34. The number of hydrogen-bond acceptors (Lipinski definition) is 7. The van der Waals surface area contributed by atoms with E-state index in [1.807, 2.05) is 0 Å². The van der Waals surface area contributed by atoms with Gasteiger partial charge < -0.3 is 5.32 Å². The molecule has 0 radical (unpaired) electrons. The second-order valence-corrected chi connectivity index (χ2v) is 6.10. The van der Waals surface area contributed by atoms with Crippen LogP contribution in [0.4, 0.5) is 15.8 Å². The molecule has 1 aromatic heterocycles. The number of carbonyl (C=O) groups is 1. The van der Waals surface area contributed by atoms with E-state index in [-0.39, 0.29) is 11.3 Å². The van der Waals surface area contributed by atoms with Crippen LogP contribution in [-0.4, -0.2) is 31.0 Å². The molecular weight excluding hydrogens is 363 g/mol. The summed E-state index contributed by atoms with van der Waals surface area (Å²) >= 11 is 1.01. The van der Waals surface area contributed by atoms with Crippen LogP contribution in [0.3, 0.4) is 0 Å². The monoisotopic (exact) mass is 374 g/mol. The van der Waals surface area contributed by atoms with Gasteiger partial charge in [-0.15, -0.1) is 5.10 Å². The van der Waals surface area contributed by atoms with Gasteiger partial charge in [0.15, 0.2) is 0 Å². The molecule has 0 saturated carbocycles. The van der Waals surface area contributed by atoms with E-state index in [4.69, 9.17) is 0 Å². The number of nitro groups is 1. The van der Waals surface area contributed by atoms with Gasteiger partial charge in [0.1, 0.15) is 5.82 Å². The maximum atomic E-state index is 12.9. The zero-order valence-corrected chi connectivity index (χ0v) is 14.1. The molecule has 26 heavy (non-hydrogen) atoms. The average molecular weight is 374 g/mol. The van der Waals surface area contributed by atoms with Gasteiger partial charge in [-0.05, 0) is 58.6 Å². The predicted molar refractivity (Wildman–Crippen MR) is 90.4 cm³/mol. The molecule has 1 heterocycles. The fourth-order valence-corrected chi connectivity index (χ4v) is 2.85. The Bertz CT molecular complexity index is 976. The van der Waals surface area contributed by atoms with Gasteiger partial charge in [-0.3, -0.25) is 14.9 Å². The van der Waals surface area contributed by atoms with Crippen molar-refractivity contribution in [2.45, 2.75) is 10.1 Å². The summed E-state index contributed by atoms with van der Waals surface area (Å²) in [5, 5.41) is 25.2. The molecule has 0 saturated heterocycles. The number of nitrogens with zero attached hydrogens (tertiary/aromatic N) is 5. The van der Waals surface area contributed by atoms with Crippen LogP contribution in [0.1, 0.15) is 10.4 Å². The zero-order chi connectivity index (χ0) is 18.7. The Labute approximate surface area is 150 Å². The van der Waals surface area contributed by atoms with Crippen LogP contribution in [-0.2, 0) is 7.05 Å². The lowest BCUT2D eigenvalue weighted by molar-refractivity contribution is -0.387. The number of aryl methyl sites for hydroxylation is 1. The molecule has 2 aromatic carbocycles. The molecule has 0 spiro atoms. The molecule has 0 unspecified atom stereocenters. The summed E-state index contributed by atoms with van der Waals surface area (Å²) in [5.41, 5.74) is 0.230. The lowest BCUT2D eigenvalue weighted by atomic mass is 10.2. The minimum atomic E-state index is -0.583. The van der Waals surface area contributed by atoms with Gasteiger partial charge in [0, 0.05) is 24.4 Å². The summed E-state index contributed by atoms with van der Waals surface area (Å²) in [6.45, 7) is 0. The molecule has 1 amide bonds. The van der Waals surface area contributed by atoms with Crippen molar-refractivity contribution in [2.24, 2.45) is 7.05 Å². The van der Waals surface area contributed by atoms with Crippen molar-refractivity contribution in [3.05, 3.63) is 64.0 Å². The molecule has 11 heteroatoms. The van der Waals surface area contributed by atoms with E-state index in [9.17, 15) is 19.3 Å². The van der Waals surface area contributed by atoms with Gasteiger partial charge in [-0.25, -0.2) is 9.07 Å². The number of tetrazole rings is 1. The number of carbonyl (C=O) groups excluding carboxylic acids is 1. The quantitative estimate of drug-likeness (QED) is 0.539. The molecule has 0 aliphatic rings. The second-order valence-electron chi connectivity index (χ2n) is 5.09. The van der Waals surface area contributed by atoms with Crippen LogP contribution >= 0.6 is 11.8 Å². The predicted octanol–water partition coefficient (Wildman–Crippen LogP) is 2.66. The Morgan fingerprint density at radius 3 is 2.62 bits per heavy atom.